The molecule has 4 rings (SSSR count). The summed E-state index contributed by atoms with van der Waals surface area (Å²) in [6.45, 7) is 8.06. The number of carbonyl (C=O) groups excluding carboxylic acids is 2. The molecule has 1 atom stereocenters. The number of piperidine rings is 1. The zero-order valence-electron chi connectivity index (χ0n) is 20.1. The van der Waals surface area contributed by atoms with E-state index in [0.29, 0.717) is 48.3 Å². The number of hydrogen-bond acceptors (Lipinski definition) is 4. The monoisotopic (exact) mass is 452 g/mol. The smallest absolute Gasteiger partial charge is 0.261 e. The van der Waals surface area contributed by atoms with Crippen molar-refractivity contribution in [2.75, 3.05) is 13.1 Å². The van der Waals surface area contributed by atoms with Gasteiger partial charge in [-0.1, -0.05) is 26.7 Å². The van der Waals surface area contributed by atoms with Crippen molar-refractivity contribution in [1.82, 2.24) is 19.8 Å². The molecule has 2 amide bonds. The van der Waals surface area contributed by atoms with Gasteiger partial charge in [-0.2, -0.15) is 0 Å². The van der Waals surface area contributed by atoms with Crippen molar-refractivity contribution < 1.29 is 9.59 Å². The molecule has 1 aromatic carbocycles. The lowest BCUT2D eigenvalue weighted by Crippen LogP contribution is -2.45. The third-order valence-electron chi connectivity index (χ3n) is 7.34. The van der Waals surface area contributed by atoms with E-state index in [1.54, 1.807) is 18.2 Å². The number of aromatic nitrogens is 2. The highest BCUT2D eigenvalue weighted by Crippen LogP contribution is 2.22. The molecule has 1 unspecified atom stereocenters. The van der Waals surface area contributed by atoms with Crippen LogP contribution in [0.3, 0.4) is 0 Å². The van der Waals surface area contributed by atoms with Crippen molar-refractivity contribution in [2.45, 2.75) is 78.3 Å². The van der Waals surface area contributed by atoms with E-state index >= 15 is 0 Å². The molecule has 2 aromatic rings. The standard InChI is InChI=1S/C26H36N4O3/c1-17(2)18(3)27-24(31)19-11-14-29(15-12-19)25(32)20-9-10-21-22(16-20)28-23-8-6-4-5-7-13-30(23)26(21)33/h9-10,16-19H,4-8,11-15H2,1-3H3,(H,27,31). The maximum Gasteiger partial charge on any atom is 0.261 e. The van der Waals surface area contributed by atoms with Crippen LogP contribution >= 0.6 is 0 Å². The van der Waals surface area contributed by atoms with Gasteiger partial charge in [0.25, 0.3) is 11.5 Å². The van der Waals surface area contributed by atoms with Crippen molar-refractivity contribution in [3.05, 3.63) is 39.9 Å². The van der Waals surface area contributed by atoms with E-state index in [1.807, 2.05) is 16.4 Å². The van der Waals surface area contributed by atoms with Gasteiger partial charge in [0.2, 0.25) is 5.91 Å². The van der Waals surface area contributed by atoms with Crippen molar-refractivity contribution >= 4 is 22.7 Å². The van der Waals surface area contributed by atoms with Crippen LogP contribution in [0.1, 0.15) is 75.5 Å². The number of amides is 2. The number of nitrogens with one attached hydrogen (secondary N) is 1. The molecule has 7 nitrogen and oxygen atoms in total. The molecule has 0 radical (unpaired) electrons. The predicted molar refractivity (Wildman–Crippen MR) is 129 cm³/mol. The molecule has 2 aliphatic rings. The van der Waals surface area contributed by atoms with Gasteiger partial charge in [-0.15, -0.1) is 0 Å². The van der Waals surface area contributed by atoms with Crippen molar-refractivity contribution in [2.24, 2.45) is 11.8 Å². The van der Waals surface area contributed by atoms with Gasteiger partial charge in [0.1, 0.15) is 5.82 Å². The SMILES string of the molecule is CC(C)C(C)NC(=O)C1CCN(C(=O)c2ccc3c(=O)n4c(nc3c2)CCCCCC4)CC1. The molecule has 7 heteroatoms. The lowest BCUT2D eigenvalue weighted by Gasteiger charge is -2.32. The van der Waals surface area contributed by atoms with Crippen molar-refractivity contribution in [3.8, 4) is 0 Å². The quantitative estimate of drug-likeness (QED) is 0.769. The van der Waals surface area contributed by atoms with Crippen LogP contribution in [0.5, 0.6) is 0 Å². The van der Waals surface area contributed by atoms with Crippen LogP contribution in [0.25, 0.3) is 10.9 Å². The third kappa shape index (κ3) is 5.12. The van der Waals surface area contributed by atoms with Crippen molar-refractivity contribution in [1.29, 1.82) is 0 Å². The topological polar surface area (TPSA) is 84.3 Å². The lowest BCUT2D eigenvalue weighted by molar-refractivity contribution is -0.127. The summed E-state index contributed by atoms with van der Waals surface area (Å²) in [5.41, 5.74) is 1.16. The van der Waals surface area contributed by atoms with E-state index < -0.39 is 0 Å². The molecule has 1 aromatic heterocycles. The normalized spacial score (nSPS) is 18.5. The average Bonchev–Trinajstić information content (AvgIpc) is 2.79. The van der Waals surface area contributed by atoms with Crippen LogP contribution in [0.15, 0.2) is 23.0 Å². The summed E-state index contributed by atoms with van der Waals surface area (Å²) in [6, 6.07) is 5.40. The molecule has 0 saturated carbocycles. The number of nitrogens with zero attached hydrogens (tertiary/aromatic N) is 3. The second-order valence-corrected chi connectivity index (χ2v) is 9.99. The van der Waals surface area contributed by atoms with E-state index in [9.17, 15) is 14.4 Å². The second kappa shape index (κ2) is 10.1. The number of rotatable bonds is 4. The Morgan fingerprint density at radius 3 is 2.48 bits per heavy atom. The minimum absolute atomic E-state index is 0.00153. The fourth-order valence-corrected chi connectivity index (χ4v) is 4.76. The van der Waals surface area contributed by atoms with Crippen LogP contribution < -0.4 is 10.9 Å². The van der Waals surface area contributed by atoms with Gasteiger partial charge >= 0.3 is 0 Å². The first-order valence-corrected chi connectivity index (χ1v) is 12.5. The van der Waals surface area contributed by atoms with E-state index in [1.165, 1.54) is 0 Å². The highest BCUT2D eigenvalue weighted by Gasteiger charge is 2.29. The number of likely N-dealkylation sites (tertiary alicyclic amines) is 1. The zero-order valence-corrected chi connectivity index (χ0v) is 20.1. The third-order valence-corrected chi connectivity index (χ3v) is 7.34. The molecule has 3 heterocycles. The summed E-state index contributed by atoms with van der Waals surface area (Å²) in [4.78, 5) is 45.4. The number of hydrogen-bond donors (Lipinski definition) is 1. The van der Waals surface area contributed by atoms with E-state index in [-0.39, 0.29) is 29.3 Å². The first-order valence-electron chi connectivity index (χ1n) is 12.5. The number of benzene rings is 1. The molecule has 0 spiro atoms. The number of aryl methyl sites for hydroxylation is 1. The minimum Gasteiger partial charge on any atom is -0.353 e. The predicted octanol–water partition coefficient (Wildman–Crippen LogP) is 3.53. The Labute approximate surface area is 195 Å². The molecule has 2 aliphatic heterocycles. The lowest BCUT2D eigenvalue weighted by atomic mass is 9.94. The van der Waals surface area contributed by atoms with Crippen LogP contribution in [0.2, 0.25) is 0 Å². The Morgan fingerprint density at radius 2 is 1.76 bits per heavy atom. The summed E-state index contributed by atoms with van der Waals surface area (Å²) in [7, 11) is 0. The Balaban J connectivity index is 1.47. The Bertz CT molecular complexity index is 1080. The fourth-order valence-electron chi connectivity index (χ4n) is 4.76. The number of carbonyl (C=O) groups is 2. The van der Waals surface area contributed by atoms with Gasteiger partial charge in [0.05, 0.1) is 10.9 Å². The summed E-state index contributed by atoms with van der Waals surface area (Å²) in [5.74, 6) is 1.21. The molecule has 1 fully saturated rings. The van der Waals surface area contributed by atoms with Gasteiger partial charge in [-0.3, -0.25) is 19.0 Å². The molecule has 33 heavy (non-hydrogen) atoms. The maximum atomic E-state index is 13.2. The average molecular weight is 453 g/mol. The van der Waals surface area contributed by atoms with Gasteiger partial charge < -0.3 is 10.2 Å². The fraction of sp³-hybridized carbons (Fsp3) is 0.615. The Morgan fingerprint density at radius 1 is 1.03 bits per heavy atom. The van der Waals surface area contributed by atoms with E-state index in [2.05, 4.69) is 19.2 Å². The number of fused-ring (bicyclic) bond motifs is 2. The van der Waals surface area contributed by atoms with E-state index in [4.69, 9.17) is 4.98 Å². The highest BCUT2D eigenvalue weighted by atomic mass is 16.2. The summed E-state index contributed by atoms with van der Waals surface area (Å²) < 4.78 is 1.82. The van der Waals surface area contributed by atoms with Crippen LogP contribution in [-0.4, -0.2) is 45.4 Å². The van der Waals surface area contributed by atoms with Crippen LogP contribution in [-0.2, 0) is 17.8 Å². The largest absolute Gasteiger partial charge is 0.353 e. The van der Waals surface area contributed by atoms with Gasteiger partial charge in [0.15, 0.2) is 0 Å². The van der Waals surface area contributed by atoms with Crippen molar-refractivity contribution in [3.63, 3.8) is 0 Å². The van der Waals surface area contributed by atoms with Crippen LogP contribution in [0.4, 0.5) is 0 Å². The van der Waals surface area contributed by atoms with E-state index in [0.717, 1.165) is 44.5 Å². The maximum absolute atomic E-state index is 13.2. The first-order chi connectivity index (χ1) is 15.8. The minimum atomic E-state index is -0.0556. The summed E-state index contributed by atoms with van der Waals surface area (Å²) in [6.07, 6.45) is 6.49. The Kier molecular flexibility index (Phi) is 7.15. The summed E-state index contributed by atoms with van der Waals surface area (Å²) >= 11 is 0. The van der Waals surface area contributed by atoms with Crippen LogP contribution in [0, 0.1) is 11.8 Å². The van der Waals surface area contributed by atoms with Gasteiger partial charge in [-0.25, -0.2) is 4.98 Å². The first kappa shape index (κ1) is 23.5. The Hall–Kier alpha value is -2.70. The summed E-state index contributed by atoms with van der Waals surface area (Å²) in [5, 5.41) is 3.68. The van der Waals surface area contributed by atoms with Gasteiger partial charge in [0, 0.05) is 43.6 Å². The van der Waals surface area contributed by atoms with Gasteiger partial charge in [-0.05, 0) is 56.7 Å². The highest BCUT2D eigenvalue weighted by molar-refractivity contribution is 5.97. The molecular weight excluding hydrogens is 416 g/mol. The molecule has 0 bridgehead atoms. The molecule has 178 valence electrons. The molecular formula is C26H36N4O3. The molecule has 1 saturated heterocycles. The molecule has 1 N–H and O–H groups in total. The zero-order chi connectivity index (χ0) is 23.5. The second-order valence-electron chi connectivity index (χ2n) is 9.99. The molecule has 0 aliphatic carbocycles.